The first-order chi connectivity index (χ1) is 7.31. The molecule has 0 saturated carbocycles. The third-order valence-electron chi connectivity index (χ3n) is 3.30. The maximum Gasteiger partial charge on any atom is 0.0956 e. The SMILES string of the molecule is CCCN(CCC)C1CCN(CO)CC1. The molecular weight excluding hydrogens is 188 g/mol. The van der Waals surface area contributed by atoms with Gasteiger partial charge in [-0.3, -0.25) is 4.90 Å². The highest BCUT2D eigenvalue weighted by atomic mass is 16.3. The van der Waals surface area contributed by atoms with Gasteiger partial charge in [-0.15, -0.1) is 0 Å². The van der Waals surface area contributed by atoms with Gasteiger partial charge in [0.05, 0.1) is 6.73 Å². The zero-order chi connectivity index (χ0) is 11.1. The van der Waals surface area contributed by atoms with Crippen LogP contribution in [0.5, 0.6) is 0 Å². The average molecular weight is 214 g/mol. The third kappa shape index (κ3) is 4.09. The summed E-state index contributed by atoms with van der Waals surface area (Å²) in [5.74, 6) is 0. The van der Waals surface area contributed by atoms with E-state index in [1.807, 2.05) is 0 Å². The molecule has 0 atom stereocenters. The summed E-state index contributed by atoms with van der Waals surface area (Å²) in [6.07, 6.45) is 4.95. The van der Waals surface area contributed by atoms with E-state index in [9.17, 15) is 0 Å². The van der Waals surface area contributed by atoms with E-state index in [2.05, 4.69) is 23.6 Å². The second-order valence-corrected chi connectivity index (χ2v) is 4.53. The molecule has 0 bridgehead atoms. The Labute approximate surface area is 94.1 Å². The van der Waals surface area contributed by atoms with Crippen molar-refractivity contribution in [3.8, 4) is 0 Å². The van der Waals surface area contributed by atoms with Gasteiger partial charge < -0.3 is 10.0 Å². The number of hydrogen-bond acceptors (Lipinski definition) is 3. The van der Waals surface area contributed by atoms with Crippen molar-refractivity contribution >= 4 is 0 Å². The van der Waals surface area contributed by atoms with Gasteiger partial charge in [0.15, 0.2) is 0 Å². The summed E-state index contributed by atoms with van der Waals surface area (Å²) in [6.45, 7) is 9.33. The molecule has 1 aliphatic heterocycles. The largest absolute Gasteiger partial charge is 0.381 e. The van der Waals surface area contributed by atoms with E-state index in [1.165, 1.54) is 38.8 Å². The third-order valence-corrected chi connectivity index (χ3v) is 3.30. The van der Waals surface area contributed by atoms with Crippen molar-refractivity contribution < 1.29 is 5.11 Å². The number of aliphatic hydroxyl groups is 1. The lowest BCUT2D eigenvalue weighted by molar-refractivity contribution is 0.0501. The van der Waals surface area contributed by atoms with Crippen molar-refractivity contribution in [2.24, 2.45) is 0 Å². The topological polar surface area (TPSA) is 26.7 Å². The lowest BCUT2D eigenvalue weighted by atomic mass is 10.0. The van der Waals surface area contributed by atoms with Crippen LogP contribution in [0.25, 0.3) is 0 Å². The van der Waals surface area contributed by atoms with Crippen LogP contribution in [0.4, 0.5) is 0 Å². The van der Waals surface area contributed by atoms with Crippen LogP contribution in [0.2, 0.25) is 0 Å². The summed E-state index contributed by atoms with van der Waals surface area (Å²) in [5, 5.41) is 9.03. The fraction of sp³-hybridized carbons (Fsp3) is 1.00. The fourth-order valence-electron chi connectivity index (χ4n) is 2.48. The molecule has 0 aliphatic carbocycles. The second-order valence-electron chi connectivity index (χ2n) is 4.53. The van der Waals surface area contributed by atoms with Gasteiger partial charge in [-0.05, 0) is 38.8 Å². The van der Waals surface area contributed by atoms with Gasteiger partial charge in [0.1, 0.15) is 0 Å². The predicted molar refractivity (Wildman–Crippen MR) is 63.8 cm³/mol. The minimum atomic E-state index is 0.230. The zero-order valence-corrected chi connectivity index (χ0v) is 10.3. The summed E-state index contributed by atoms with van der Waals surface area (Å²) in [5.41, 5.74) is 0. The number of aliphatic hydroxyl groups excluding tert-OH is 1. The highest BCUT2D eigenvalue weighted by molar-refractivity contribution is 4.78. The van der Waals surface area contributed by atoms with Crippen molar-refractivity contribution in [3.05, 3.63) is 0 Å². The van der Waals surface area contributed by atoms with Gasteiger partial charge >= 0.3 is 0 Å². The summed E-state index contributed by atoms with van der Waals surface area (Å²) in [4.78, 5) is 4.77. The van der Waals surface area contributed by atoms with E-state index >= 15 is 0 Å². The summed E-state index contributed by atoms with van der Waals surface area (Å²) in [6, 6.07) is 0.757. The molecular formula is C12H26N2O. The number of piperidine rings is 1. The normalized spacial score (nSPS) is 20.0. The fourth-order valence-corrected chi connectivity index (χ4v) is 2.48. The molecule has 0 radical (unpaired) electrons. The molecule has 1 saturated heterocycles. The Morgan fingerprint density at radius 2 is 1.67 bits per heavy atom. The number of hydrogen-bond donors (Lipinski definition) is 1. The molecule has 3 nitrogen and oxygen atoms in total. The van der Waals surface area contributed by atoms with Gasteiger partial charge in [-0.25, -0.2) is 0 Å². The Morgan fingerprint density at radius 1 is 1.13 bits per heavy atom. The molecule has 1 N–H and O–H groups in total. The summed E-state index contributed by atoms with van der Waals surface area (Å²) >= 11 is 0. The number of rotatable bonds is 6. The van der Waals surface area contributed by atoms with Crippen molar-refractivity contribution in [1.29, 1.82) is 0 Å². The average Bonchev–Trinajstić information content (AvgIpc) is 2.29. The van der Waals surface area contributed by atoms with Gasteiger partial charge in [-0.1, -0.05) is 13.8 Å². The predicted octanol–water partition coefficient (Wildman–Crippen LogP) is 1.52. The van der Waals surface area contributed by atoms with Crippen LogP contribution in [-0.4, -0.2) is 53.9 Å². The van der Waals surface area contributed by atoms with Crippen LogP contribution in [0.15, 0.2) is 0 Å². The Bertz CT molecular complexity index is 150. The molecule has 0 unspecified atom stereocenters. The van der Waals surface area contributed by atoms with Crippen LogP contribution in [0.1, 0.15) is 39.5 Å². The molecule has 1 rings (SSSR count). The molecule has 3 heteroatoms. The zero-order valence-electron chi connectivity index (χ0n) is 10.3. The lowest BCUT2D eigenvalue weighted by Gasteiger charge is -2.37. The van der Waals surface area contributed by atoms with Crippen LogP contribution in [0.3, 0.4) is 0 Å². The van der Waals surface area contributed by atoms with E-state index in [-0.39, 0.29) is 6.73 Å². The highest BCUT2D eigenvalue weighted by Gasteiger charge is 2.22. The molecule has 0 amide bonds. The van der Waals surface area contributed by atoms with E-state index < -0.39 is 0 Å². The molecule has 1 aliphatic rings. The Kier molecular flexibility index (Phi) is 6.22. The Balaban J connectivity index is 2.34. The van der Waals surface area contributed by atoms with Crippen LogP contribution in [0, 0.1) is 0 Å². The maximum atomic E-state index is 9.03. The van der Waals surface area contributed by atoms with Gasteiger partial charge in [0, 0.05) is 19.1 Å². The summed E-state index contributed by atoms with van der Waals surface area (Å²) in [7, 11) is 0. The van der Waals surface area contributed by atoms with Crippen molar-refractivity contribution in [3.63, 3.8) is 0 Å². The molecule has 0 spiro atoms. The first-order valence-corrected chi connectivity index (χ1v) is 6.39. The van der Waals surface area contributed by atoms with Gasteiger partial charge in [-0.2, -0.15) is 0 Å². The molecule has 1 fully saturated rings. The molecule has 90 valence electrons. The Hall–Kier alpha value is -0.120. The van der Waals surface area contributed by atoms with Crippen molar-refractivity contribution in [2.45, 2.75) is 45.6 Å². The van der Waals surface area contributed by atoms with Crippen LogP contribution < -0.4 is 0 Å². The first-order valence-electron chi connectivity index (χ1n) is 6.39. The molecule has 15 heavy (non-hydrogen) atoms. The molecule has 0 aromatic rings. The highest BCUT2D eigenvalue weighted by Crippen LogP contribution is 2.16. The van der Waals surface area contributed by atoms with Crippen LogP contribution >= 0.6 is 0 Å². The van der Waals surface area contributed by atoms with E-state index in [1.54, 1.807) is 0 Å². The van der Waals surface area contributed by atoms with E-state index in [0.717, 1.165) is 19.1 Å². The minimum Gasteiger partial charge on any atom is -0.381 e. The second kappa shape index (κ2) is 7.20. The van der Waals surface area contributed by atoms with Crippen molar-refractivity contribution in [2.75, 3.05) is 32.9 Å². The maximum absolute atomic E-state index is 9.03. The summed E-state index contributed by atoms with van der Waals surface area (Å²) < 4.78 is 0. The molecule has 0 aromatic heterocycles. The Morgan fingerprint density at radius 3 is 2.07 bits per heavy atom. The number of likely N-dealkylation sites (tertiary alicyclic amines) is 1. The molecule has 0 aromatic carbocycles. The van der Waals surface area contributed by atoms with E-state index in [4.69, 9.17) is 5.11 Å². The lowest BCUT2D eigenvalue weighted by Crippen LogP contribution is -2.45. The van der Waals surface area contributed by atoms with Crippen molar-refractivity contribution in [1.82, 2.24) is 9.80 Å². The standard InChI is InChI=1S/C12H26N2O/c1-3-7-14(8-4-2)12-5-9-13(11-15)10-6-12/h12,15H,3-11H2,1-2H3. The van der Waals surface area contributed by atoms with Gasteiger partial charge in [0.25, 0.3) is 0 Å². The monoisotopic (exact) mass is 214 g/mol. The van der Waals surface area contributed by atoms with Crippen LogP contribution in [-0.2, 0) is 0 Å². The molecule has 1 heterocycles. The quantitative estimate of drug-likeness (QED) is 0.726. The smallest absolute Gasteiger partial charge is 0.0956 e. The first kappa shape index (κ1) is 12.9. The van der Waals surface area contributed by atoms with Gasteiger partial charge in [0.2, 0.25) is 0 Å². The number of nitrogens with zero attached hydrogens (tertiary/aromatic N) is 2. The minimum absolute atomic E-state index is 0.230. The van der Waals surface area contributed by atoms with E-state index in [0.29, 0.717) is 0 Å².